The van der Waals surface area contributed by atoms with Gasteiger partial charge >= 0.3 is 0 Å². The van der Waals surface area contributed by atoms with Crippen LogP contribution >= 0.6 is 0 Å². The molecule has 2 aliphatic rings. The monoisotopic (exact) mass is 205 g/mol. The highest BCUT2D eigenvalue weighted by atomic mass is 15.3. The number of fused-ring (bicyclic) bond motifs is 1. The minimum atomic E-state index is 0.769. The Morgan fingerprint density at radius 2 is 2.33 bits per heavy atom. The molecule has 0 aliphatic carbocycles. The van der Waals surface area contributed by atoms with Crippen LogP contribution in [0, 0.1) is 11.8 Å². The summed E-state index contributed by atoms with van der Waals surface area (Å²) in [6, 6.07) is 1.57. The third-order valence-corrected chi connectivity index (χ3v) is 4.08. The van der Waals surface area contributed by atoms with Crippen LogP contribution in [0.5, 0.6) is 0 Å². The van der Waals surface area contributed by atoms with Gasteiger partial charge in [-0.1, -0.05) is 31.9 Å². The number of allylic oxidation sites excluding steroid dienone is 2. The topological polar surface area (TPSA) is 3.01 Å². The van der Waals surface area contributed by atoms with Crippen molar-refractivity contribution in [1.29, 1.82) is 0 Å². The van der Waals surface area contributed by atoms with E-state index < -0.39 is 0 Å². The van der Waals surface area contributed by atoms with Gasteiger partial charge in [0.15, 0.2) is 0 Å². The molecule has 1 heteroatoms. The third kappa shape index (κ3) is 1.97. The first-order valence-electron chi connectivity index (χ1n) is 6.34. The Kier molecular flexibility index (Phi) is 3.18. The highest BCUT2D eigenvalue weighted by Crippen LogP contribution is 2.44. The number of rotatable bonds is 4. The lowest BCUT2D eigenvalue weighted by molar-refractivity contribution is 0.297. The van der Waals surface area contributed by atoms with Crippen molar-refractivity contribution in [3.8, 4) is 0 Å². The van der Waals surface area contributed by atoms with Gasteiger partial charge in [-0.05, 0) is 37.8 Å². The van der Waals surface area contributed by atoms with Crippen LogP contribution in [0.25, 0.3) is 0 Å². The molecule has 15 heavy (non-hydrogen) atoms. The van der Waals surface area contributed by atoms with Crippen LogP contribution in [0.4, 0.5) is 0 Å². The maximum absolute atomic E-state index is 3.92. The summed E-state index contributed by atoms with van der Waals surface area (Å²) in [4.78, 5) is 2.52. The summed E-state index contributed by atoms with van der Waals surface area (Å²) in [5.41, 5.74) is 0. The first-order chi connectivity index (χ1) is 7.29. The van der Waals surface area contributed by atoms with E-state index in [4.69, 9.17) is 0 Å². The van der Waals surface area contributed by atoms with Gasteiger partial charge in [0.05, 0.1) is 6.04 Å². The average molecular weight is 205 g/mol. The quantitative estimate of drug-likeness (QED) is 0.501. The minimum Gasteiger partial charge on any atom is -0.368 e. The second-order valence-corrected chi connectivity index (χ2v) is 5.04. The lowest BCUT2D eigenvalue weighted by Crippen LogP contribution is -2.21. The SMILES string of the molecule is C=CCC1C(CCC)CC=CN2C(C)C12. The molecular weight excluding hydrogens is 182 g/mol. The van der Waals surface area contributed by atoms with E-state index in [2.05, 4.69) is 43.7 Å². The Labute approximate surface area is 93.9 Å². The molecule has 0 saturated carbocycles. The fourth-order valence-electron chi connectivity index (χ4n) is 3.25. The van der Waals surface area contributed by atoms with Crippen LogP contribution < -0.4 is 0 Å². The van der Waals surface area contributed by atoms with Gasteiger partial charge in [-0.15, -0.1) is 6.58 Å². The van der Waals surface area contributed by atoms with Crippen molar-refractivity contribution < 1.29 is 0 Å². The average Bonchev–Trinajstić information content (AvgIpc) is 2.88. The molecule has 0 amide bonds. The lowest BCUT2D eigenvalue weighted by atomic mass is 9.81. The van der Waals surface area contributed by atoms with E-state index in [-0.39, 0.29) is 0 Å². The van der Waals surface area contributed by atoms with E-state index in [0.29, 0.717) is 0 Å². The van der Waals surface area contributed by atoms with Gasteiger partial charge in [-0.25, -0.2) is 0 Å². The maximum Gasteiger partial charge on any atom is 0.0522 e. The van der Waals surface area contributed by atoms with Crippen molar-refractivity contribution in [1.82, 2.24) is 4.90 Å². The zero-order chi connectivity index (χ0) is 10.8. The van der Waals surface area contributed by atoms with Gasteiger partial charge in [0.2, 0.25) is 0 Å². The van der Waals surface area contributed by atoms with Gasteiger partial charge in [0.1, 0.15) is 0 Å². The fourth-order valence-corrected chi connectivity index (χ4v) is 3.25. The molecule has 1 saturated heterocycles. The van der Waals surface area contributed by atoms with Crippen molar-refractivity contribution >= 4 is 0 Å². The Balaban J connectivity index is 2.08. The summed E-state index contributed by atoms with van der Waals surface area (Å²) in [5.74, 6) is 1.72. The van der Waals surface area contributed by atoms with Crippen molar-refractivity contribution in [3.63, 3.8) is 0 Å². The molecule has 4 atom stereocenters. The second-order valence-electron chi connectivity index (χ2n) is 5.04. The van der Waals surface area contributed by atoms with E-state index in [1.165, 1.54) is 25.7 Å². The minimum absolute atomic E-state index is 0.769. The highest BCUT2D eigenvalue weighted by molar-refractivity contribution is 5.13. The number of nitrogens with zero attached hydrogens (tertiary/aromatic N) is 1. The smallest absolute Gasteiger partial charge is 0.0522 e. The van der Waals surface area contributed by atoms with E-state index in [1.54, 1.807) is 0 Å². The molecule has 0 spiro atoms. The molecule has 2 heterocycles. The predicted molar refractivity (Wildman–Crippen MR) is 65.5 cm³/mol. The van der Waals surface area contributed by atoms with E-state index in [9.17, 15) is 0 Å². The standard InChI is InChI=1S/C14H23N/c1-4-7-12-9-6-10-15-11(3)14(15)13(12)8-5-2/h5-6,10-14H,2,4,7-9H2,1,3H3. The van der Waals surface area contributed by atoms with E-state index >= 15 is 0 Å². The summed E-state index contributed by atoms with van der Waals surface area (Å²) >= 11 is 0. The van der Waals surface area contributed by atoms with Gasteiger partial charge in [0.25, 0.3) is 0 Å². The highest BCUT2D eigenvalue weighted by Gasteiger charge is 2.49. The van der Waals surface area contributed by atoms with Crippen molar-refractivity contribution in [2.75, 3.05) is 0 Å². The second kappa shape index (κ2) is 4.42. The normalized spacial score (nSPS) is 38.4. The molecule has 1 fully saturated rings. The van der Waals surface area contributed by atoms with Crippen molar-refractivity contribution in [3.05, 3.63) is 24.9 Å². The molecule has 1 nitrogen and oxygen atoms in total. The molecule has 0 radical (unpaired) electrons. The molecule has 0 bridgehead atoms. The summed E-state index contributed by atoms with van der Waals surface area (Å²) in [5, 5.41) is 0. The fraction of sp³-hybridized carbons (Fsp3) is 0.714. The summed E-state index contributed by atoms with van der Waals surface area (Å²) in [6.07, 6.45) is 12.0. The molecular formula is C14H23N. The predicted octanol–water partition coefficient (Wildman–Crippen LogP) is 3.59. The third-order valence-electron chi connectivity index (χ3n) is 4.08. The Morgan fingerprint density at radius 1 is 1.53 bits per heavy atom. The van der Waals surface area contributed by atoms with Crippen LogP contribution in [0.15, 0.2) is 24.9 Å². The lowest BCUT2D eigenvalue weighted by Gasteiger charge is -2.23. The number of hydrogen-bond acceptors (Lipinski definition) is 1. The van der Waals surface area contributed by atoms with Crippen LogP contribution in [0.2, 0.25) is 0 Å². The summed E-state index contributed by atoms with van der Waals surface area (Å²) in [7, 11) is 0. The maximum atomic E-state index is 3.92. The first-order valence-corrected chi connectivity index (χ1v) is 6.34. The van der Waals surface area contributed by atoms with Gasteiger partial charge < -0.3 is 4.90 Å². The number of hydrogen-bond donors (Lipinski definition) is 0. The molecule has 0 aromatic heterocycles. The molecule has 2 aliphatic heterocycles. The van der Waals surface area contributed by atoms with E-state index in [0.717, 1.165) is 23.9 Å². The van der Waals surface area contributed by atoms with Crippen LogP contribution in [-0.2, 0) is 0 Å². The van der Waals surface area contributed by atoms with Crippen molar-refractivity contribution in [2.45, 2.75) is 51.6 Å². The van der Waals surface area contributed by atoms with Crippen LogP contribution in [-0.4, -0.2) is 17.0 Å². The molecule has 0 aromatic rings. The molecule has 0 N–H and O–H groups in total. The summed E-state index contributed by atoms with van der Waals surface area (Å²) in [6.45, 7) is 8.56. The molecule has 0 aromatic carbocycles. The summed E-state index contributed by atoms with van der Waals surface area (Å²) < 4.78 is 0. The Bertz CT molecular complexity index is 256. The van der Waals surface area contributed by atoms with Crippen molar-refractivity contribution in [2.24, 2.45) is 11.8 Å². The Hall–Kier alpha value is -0.720. The van der Waals surface area contributed by atoms with Gasteiger partial charge in [0, 0.05) is 6.04 Å². The van der Waals surface area contributed by atoms with E-state index in [1.807, 2.05) is 0 Å². The molecule has 2 rings (SSSR count). The first kappa shape index (κ1) is 10.8. The Morgan fingerprint density at radius 3 is 3.00 bits per heavy atom. The van der Waals surface area contributed by atoms with Gasteiger partial charge in [-0.2, -0.15) is 0 Å². The van der Waals surface area contributed by atoms with Crippen LogP contribution in [0.1, 0.15) is 39.5 Å². The zero-order valence-corrected chi connectivity index (χ0v) is 10.0. The van der Waals surface area contributed by atoms with Crippen LogP contribution in [0.3, 0.4) is 0 Å². The molecule has 84 valence electrons. The zero-order valence-electron chi connectivity index (χ0n) is 10.0. The molecule has 4 unspecified atom stereocenters. The van der Waals surface area contributed by atoms with Gasteiger partial charge in [-0.3, -0.25) is 0 Å². The largest absolute Gasteiger partial charge is 0.368 e.